The van der Waals surface area contributed by atoms with Crippen molar-refractivity contribution < 1.29 is 19.4 Å². The first kappa shape index (κ1) is 17.8. The third-order valence-electron chi connectivity index (χ3n) is 3.32. The highest BCUT2D eigenvalue weighted by Crippen LogP contribution is 2.36. The topological polar surface area (TPSA) is 80.2 Å². The van der Waals surface area contributed by atoms with Gasteiger partial charge in [-0.15, -0.1) is 0 Å². The number of nitrogens with one attached hydrogen (secondary N) is 1. The summed E-state index contributed by atoms with van der Waals surface area (Å²) in [4.78, 5) is 12.1. The summed E-state index contributed by atoms with van der Waals surface area (Å²) in [6.07, 6.45) is 1.44. The number of hydrogen-bond donors (Lipinski definition) is 2. The molecule has 126 valence electrons. The number of ether oxygens (including phenoxy) is 2. The molecule has 6 nitrogen and oxygen atoms in total. The number of carbonyl (C=O) groups is 1. The molecule has 1 amide bonds. The molecule has 0 aliphatic heterocycles. The van der Waals surface area contributed by atoms with Crippen LogP contribution in [0.4, 0.5) is 0 Å². The van der Waals surface area contributed by atoms with Crippen LogP contribution >= 0.6 is 15.9 Å². The molecule has 0 bridgehead atoms. The molecule has 2 aromatic rings. The first-order valence-corrected chi connectivity index (χ1v) is 7.80. The van der Waals surface area contributed by atoms with Gasteiger partial charge >= 0.3 is 0 Å². The summed E-state index contributed by atoms with van der Waals surface area (Å²) < 4.78 is 11.0. The second-order valence-electron chi connectivity index (χ2n) is 4.94. The van der Waals surface area contributed by atoms with Crippen molar-refractivity contribution in [3.63, 3.8) is 0 Å². The number of methoxy groups -OCH3 is 2. The molecule has 0 heterocycles. The van der Waals surface area contributed by atoms with E-state index in [-0.39, 0.29) is 23.2 Å². The Labute approximate surface area is 148 Å². The van der Waals surface area contributed by atoms with Crippen molar-refractivity contribution in [2.45, 2.75) is 6.92 Å². The van der Waals surface area contributed by atoms with Crippen LogP contribution in [0.25, 0.3) is 0 Å². The van der Waals surface area contributed by atoms with E-state index < -0.39 is 0 Å². The van der Waals surface area contributed by atoms with Crippen molar-refractivity contribution in [1.29, 1.82) is 0 Å². The quantitative estimate of drug-likeness (QED) is 0.604. The number of carbonyl (C=O) groups excluding carboxylic acids is 1. The van der Waals surface area contributed by atoms with Crippen molar-refractivity contribution in [3.8, 4) is 17.2 Å². The van der Waals surface area contributed by atoms with E-state index >= 15 is 0 Å². The van der Waals surface area contributed by atoms with Crippen molar-refractivity contribution >= 4 is 28.1 Å². The van der Waals surface area contributed by atoms with E-state index in [1.807, 2.05) is 13.0 Å². The lowest BCUT2D eigenvalue weighted by molar-refractivity contribution is 0.0955. The van der Waals surface area contributed by atoms with Crippen molar-refractivity contribution in [2.24, 2.45) is 5.10 Å². The smallest absolute Gasteiger partial charge is 0.271 e. The van der Waals surface area contributed by atoms with Crippen molar-refractivity contribution in [1.82, 2.24) is 5.43 Å². The maximum absolute atomic E-state index is 12.1. The van der Waals surface area contributed by atoms with Gasteiger partial charge in [-0.3, -0.25) is 4.79 Å². The van der Waals surface area contributed by atoms with Gasteiger partial charge in [0.1, 0.15) is 0 Å². The van der Waals surface area contributed by atoms with Crippen molar-refractivity contribution in [2.75, 3.05) is 14.2 Å². The average Bonchev–Trinajstić information content (AvgIpc) is 2.58. The van der Waals surface area contributed by atoms with E-state index in [2.05, 4.69) is 26.5 Å². The number of phenols is 1. The first-order chi connectivity index (χ1) is 11.5. The number of nitrogens with zero attached hydrogens (tertiary/aromatic N) is 1. The lowest BCUT2D eigenvalue weighted by Crippen LogP contribution is -2.17. The normalized spacial score (nSPS) is 10.7. The number of phenolic OH excluding ortho intramolecular Hbond substituents is 1. The molecule has 7 heteroatoms. The molecule has 0 saturated heterocycles. The van der Waals surface area contributed by atoms with Crippen LogP contribution in [0.15, 0.2) is 39.9 Å². The fourth-order valence-corrected chi connectivity index (χ4v) is 2.33. The number of amides is 1. The molecule has 0 aliphatic rings. The van der Waals surface area contributed by atoms with Gasteiger partial charge in [0.25, 0.3) is 5.91 Å². The van der Waals surface area contributed by atoms with E-state index in [4.69, 9.17) is 9.47 Å². The second kappa shape index (κ2) is 7.83. The fraction of sp³-hybridized carbons (Fsp3) is 0.176. The van der Waals surface area contributed by atoms with Crippen LogP contribution in [0.5, 0.6) is 17.2 Å². The Morgan fingerprint density at radius 3 is 2.38 bits per heavy atom. The highest BCUT2D eigenvalue weighted by atomic mass is 79.9. The van der Waals surface area contributed by atoms with Gasteiger partial charge in [-0.1, -0.05) is 22.0 Å². The Morgan fingerprint density at radius 1 is 1.21 bits per heavy atom. The van der Waals surface area contributed by atoms with Crippen LogP contribution in [-0.4, -0.2) is 31.4 Å². The Kier molecular flexibility index (Phi) is 5.81. The summed E-state index contributed by atoms with van der Waals surface area (Å²) in [5, 5.41) is 13.8. The van der Waals surface area contributed by atoms with Gasteiger partial charge in [0, 0.05) is 15.6 Å². The number of hydrazone groups is 1. The van der Waals surface area contributed by atoms with E-state index in [0.29, 0.717) is 11.1 Å². The predicted molar refractivity (Wildman–Crippen MR) is 95.2 cm³/mol. The Balaban J connectivity index is 2.13. The lowest BCUT2D eigenvalue weighted by atomic mass is 10.1. The number of benzene rings is 2. The van der Waals surface area contributed by atoms with E-state index in [0.717, 1.165) is 10.0 Å². The summed E-state index contributed by atoms with van der Waals surface area (Å²) in [6, 6.07) is 8.45. The molecular weight excluding hydrogens is 376 g/mol. The molecular formula is C17H17BrN2O4. The molecule has 0 spiro atoms. The number of hydrogen-bond acceptors (Lipinski definition) is 5. The summed E-state index contributed by atoms with van der Waals surface area (Å²) in [7, 11) is 2.87. The van der Waals surface area contributed by atoms with Gasteiger partial charge < -0.3 is 14.6 Å². The minimum Gasteiger partial charge on any atom is -0.502 e. The molecule has 2 rings (SSSR count). The maximum atomic E-state index is 12.1. The number of aromatic hydroxyl groups is 1. The highest BCUT2D eigenvalue weighted by Gasteiger charge is 2.10. The van der Waals surface area contributed by atoms with Crippen LogP contribution in [0.1, 0.15) is 21.5 Å². The Morgan fingerprint density at radius 2 is 1.83 bits per heavy atom. The molecule has 0 atom stereocenters. The summed E-state index contributed by atoms with van der Waals surface area (Å²) >= 11 is 3.39. The summed E-state index contributed by atoms with van der Waals surface area (Å²) in [5.74, 6) is 0.0875. The van der Waals surface area contributed by atoms with Crippen molar-refractivity contribution in [3.05, 3.63) is 51.5 Å². The van der Waals surface area contributed by atoms with Crippen LogP contribution in [0.2, 0.25) is 0 Å². The summed E-state index contributed by atoms with van der Waals surface area (Å²) in [6.45, 7) is 1.94. The third-order valence-corrected chi connectivity index (χ3v) is 4.17. The van der Waals surface area contributed by atoms with E-state index in [1.54, 1.807) is 24.3 Å². The van der Waals surface area contributed by atoms with Gasteiger partial charge in [-0.2, -0.15) is 5.10 Å². The van der Waals surface area contributed by atoms with Gasteiger partial charge in [-0.25, -0.2) is 5.43 Å². The van der Waals surface area contributed by atoms with Gasteiger partial charge in [-0.05, 0) is 36.8 Å². The number of rotatable bonds is 5. The molecule has 0 radical (unpaired) electrons. The zero-order valence-corrected chi connectivity index (χ0v) is 15.0. The fourth-order valence-electron chi connectivity index (χ4n) is 1.95. The first-order valence-electron chi connectivity index (χ1n) is 7.00. The van der Waals surface area contributed by atoms with E-state index in [9.17, 15) is 9.90 Å². The largest absolute Gasteiger partial charge is 0.502 e. The highest BCUT2D eigenvalue weighted by molar-refractivity contribution is 9.10. The molecule has 2 aromatic carbocycles. The van der Waals surface area contributed by atoms with Gasteiger partial charge in [0.2, 0.25) is 5.75 Å². The molecule has 0 unspecified atom stereocenters. The Bertz CT molecular complexity index is 765. The van der Waals surface area contributed by atoms with E-state index in [1.165, 1.54) is 20.4 Å². The Hall–Kier alpha value is -2.54. The molecule has 2 N–H and O–H groups in total. The maximum Gasteiger partial charge on any atom is 0.271 e. The zero-order chi connectivity index (χ0) is 17.7. The average molecular weight is 393 g/mol. The minimum atomic E-state index is -0.329. The zero-order valence-electron chi connectivity index (χ0n) is 13.5. The monoisotopic (exact) mass is 392 g/mol. The third kappa shape index (κ3) is 4.05. The molecule has 0 aromatic heterocycles. The summed E-state index contributed by atoms with van der Waals surface area (Å²) in [5.41, 5.74) is 4.58. The standard InChI is InChI=1S/C17H17BrN2O4/c1-10-4-5-12(8-13(10)18)17(22)20-19-9-11-6-14(23-2)16(21)15(7-11)24-3/h4-9,21H,1-3H3,(H,20,22)/b19-9+. The molecule has 0 saturated carbocycles. The molecule has 0 aliphatic carbocycles. The van der Waals surface area contributed by atoms with Crippen LogP contribution < -0.4 is 14.9 Å². The second-order valence-corrected chi connectivity index (χ2v) is 5.79. The SMILES string of the molecule is COc1cc(/C=N/NC(=O)c2ccc(C)c(Br)c2)cc(OC)c1O. The molecule has 24 heavy (non-hydrogen) atoms. The van der Waals surface area contributed by atoms with Crippen LogP contribution in [0, 0.1) is 6.92 Å². The van der Waals surface area contributed by atoms with Gasteiger partial charge in [0.15, 0.2) is 11.5 Å². The number of halogens is 1. The lowest BCUT2D eigenvalue weighted by Gasteiger charge is -2.09. The predicted octanol–water partition coefficient (Wildman–Crippen LogP) is 3.24. The minimum absolute atomic E-state index is 0.0920. The number of aryl methyl sites for hydroxylation is 1. The van der Waals surface area contributed by atoms with Gasteiger partial charge in [0.05, 0.1) is 20.4 Å². The molecule has 0 fully saturated rings. The van der Waals surface area contributed by atoms with Crippen LogP contribution in [-0.2, 0) is 0 Å². The van der Waals surface area contributed by atoms with Crippen LogP contribution in [0.3, 0.4) is 0 Å².